The average Bonchev–Trinajstić information content (AvgIpc) is 2.48. The van der Waals surface area contributed by atoms with E-state index in [9.17, 15) is 9.59 Å². The predicted octanol–water partition coefficient (Wildman–Crippen LogP) is 0.749. The SMILES string of the molecule is CC(C)C(=O)N1CCC(NC(=O)[C@H]2CCCNC2)CC1. The van der Waals surface area contributed by atoms with Crippen LogP contribution in [-0.4, -0.2) is 48.9 Å². The fraction of sp³-hybridized carbons (Fsp3) is 0.867. The summed E-state index contributed by atoms with van der Waals surface area (Å²) < 4.78 is 0. The molecule has 0 aromatic rings. The molecule has 5 heteroatoms. The molecule has 2 amide bonds. The first kappa shape index (κ1) is 15.3. The summed E-state index contributed by atoms with van der Waals surface area (Å²) in [7, 11) is 0. The van der Waals surface area contributed by atoms with E-state index in [1.165, 1.54) is 0 Å². The number of hydrogen-bond acceptors (Lipinski definition) is 3. The molecule has 2 rings (SSSR count). The van der Waals surface area contributed by atoms with E-state index in [4.69, 9.17) is 0 Å². The Hall–Kier alpha value is -1.10. The Morgan fingerprint density at radius 2 is 1.90 bits per heavy atom. The lowest BCUT2D eigenvalue weighted by Crippen LogP contribution is -2.50. The van der Waals surface area contributed by atoms with Crippen LogP contribution in [0, 0.1) is 11.8 Å². The zero-order chi connectivity index (χ0) is 14.5. The van der Waals surface area contributed by atoms with Gasteiger partial charge < -0.3 is 15.5 Å². The van der Waals surface area contributed by atoms with Crippen molar-refractivity contribution in [2.45, 2.75) is 45.6 Å². The van der Waals surface area contributed by atoms with E-state index < -0.39 is 0 Å². The van der Waals surface area contributed by atoms with Gasteiger partial charge in [0, 0.05) is 31.6 Å². The van der Waals surface area contributed by atoms with Gasteiger partial charge in [0.05, 0.1) is 5.92 Å². The number of nitrogens with one attached hydrogen (secondary N) is 2. The minimum atomic E-state index is 0.0643. The van der Waals surface area contributed by atoms with E-state index in [0.29, 0.717) is 0 Å². The van der Waals surface area contributed by atoms with E-state index in [1.807, 2.05) is 18.7 Å². The number of carbonyl (C=O) groups excluding carboxylic acids is 2. The predicted molar refractivity (Wildman–Crippen MR) is 78.2 cm³/mol. The van der Waals surface area contributed by atoms with Crippen LogP contribution >= 0.6 is 0 Å². The third-order valence-corrected chi connectivity index (χ3v) is 4.31. The Balaban J connectivity index is 1.73. The first-order valence-corrected chi connectivity index (χ1v) is 7.88. The van der Waals surface area contributed by atoms with Gasteiger partial charge in [0.2, 0.25) is 11.8 Å². The summed E-state index contributed by atoms with van der Waals surface area (Å²) in [6, 6.07) is 0.237. The maximum Gasteiger partial charge on any atom is 0.225 e. The standard InChI is InChI=1S/C15H27N3O2/c1-11(2)15(20)18-8-5-13(6-9-18)17-14(19)12-4-3-7-16-10-12/h11-13,16H,3-10H2,1-2H3,(H,17,19)/t12-/m0/s1. The zero-order valence-corrected chi connectivity index (χ0v) is 12.7. The quantitative estimate of drug-likeness (QED) is 0.802. The van der Waals surface area contributed by atoms with Crippen molar-refractivity contribution in [1.82, 2.24) is 15.5 Å². The molecule has 2 saturated heterocycles. The number of nitrogens with zero attached hydrogens (tertiary/aromatic N) is 1. The number of hydrogen-bond donors (Lipinski definition) is 2. The molecule has 0 unspecified atom stereocenters. The molecule has 114 valence electrons. The van der Waals surface area contributed by atoms with Gasteiger partial charge in [0.1, 0.15) is 0 Å². The van der Waals surface area contributed by atoms with Crippen molar-refractivity contribution in [2.24, 2.45) is 11.8 Å². The van der Waals surface area contributed by atoms with Gasteiger partial charge in [-0.15, -0.1) is 0 Å². The second-order valence-corrected chi connectivity index (χ2v) is 6.31. The van der Waals surface area contributed by atoms with Crippen molar-refractivity contribution in [1.29, 1.82) is 0 Å². The Labute approximate surface area is 121 Å². The summed E-state index contributed by atoms with van der Waals surface area (Å²) in [6.45, 7) is 7.24. The number of rotatable bonds is 3. The molecule has 0 radical (unpaired) electrons. The minimum absolute atomic E-state index is 0.0643. The third kappa shape index (κ3) is 3.95. The summed E-state index contributed by atoms with van der Waals surface area (Å²) in [6.07, 6.45) is 3.83. The molecule has 20 heavy (non-hydrogen) atoms. The topological polar surface area (TPSA) is 61.4 Å². The average molecular weight is 281 g/mol. The van der Waals surface area contributed by atoms with E-state index in [-0.39, 0.29) is 29.7 Å². The van der Waals surface area contributed by atoms with Gasteiger partial charge in [-0.2, -0.15) is 0 Å². The lowest BCUT2D eigenvalue weighted by atomic mass is 9.97. The molecule has 2 aliphatic heterocycles. The summed E-state index contributed by atoms with van der Waals surface area (Å²) in [4.78, 5) is 26.0. The zero-order valence-electron chi connectivity index (χ0n) is 12.7. The van der Waals surface area contributed by atoms with Crippen molar-refractivity contribution in [3.63, 3.8) is 0 Å². The highest BCUT2D eigenvalue weighted by atomic mass is 16.2. The van der Waals surface area contributed by atoms with Crippen LogP contribution in [0.15, 0.2) is 0 Å². The third-order valence-electron chi connectivity index (χ3n) is 4.31. The number of likely N-dealkylation sites (tertiary alicyclic amines) is 1. The molecule has 2 heterocycles. The number of piperidine rings is 2. The molecule has 2 N–H and O–H groups in total. The molecule has 0 aromatic carbocycles. The van der Waals surface area contributed by atoms with Crippen LogP contribution in [0.2, 0.25) is 0 Å². The summed E-state index contributed by atoms with van der Waals surface area (Å²) in [5, 5.41) is 6.43. The Bertz CT molecular complexity index is 343. The first-order chi connectivity index (χ1) is 9.58. The molecule has 1 atom stereocenters. The molecule has 2 fully saturated rings. The highest BCUT2D eigenvalue weighted by Crippen LogP contribution is 2.15. The largest absolute Gasteiger partial charge is 0.353 e. The smallest absolute Gasteiger partial charge is 0.225 e. The number of amides is 2. The molecule has 0 aliphatic carbocycles. The van der Waals surface area contributed by atoms with Gasteiger partial charge in [0.25, 0.3) is 0 Å². The Kier molecular flexibility index (Phi) is 5.40. The van der Waals surface area contributed by atoms with Crippen molar-refractivity contribution in [3.8, 4) is 0 Å². The van der Waals surface area contributed by atoms with Crippen molar-refractivity contribution >= 4 is 11.8 Å². The highest BCUT2D eigenvalue weighted by Gasteiger charge is 2.27. The van der Waals surface area contributed by atoms with Crippen molar-refractivity contribution in [2.75, 3.05) is 26.2 Å². The Morgan fingerprint density at radius 3 is 2.45 bits per heavy atom. The molecular weight excluding hydrogens is 254 g/mol. The summed E-state index contributed by atoms with van der Waals surface area (Å²) in [5.41, 5.74) is 0. The van der Waals surface area contributed by atoms with Crippen LogP contribution in [0.4, 0.5) is 0 Å². The van der Waals surface area contributed by atoms with Gasteiger partial charge in [-0.3, -0.25) is 9.59 Å². The normalized spacial score (nSPS) is 24.8. The second kappa shape index (κ2) is 7.07. The molecular formula is C15H27N3O2. The molecule has 0 bridgehead atoms. The summed E-state index contributed by atoms with van der Waals surface area (Å²) >= 11 is 0. The van der Waals surface area contributed by atoms with Crippen LogP contribution in [-0.2, 0) is 9.59 Å². The fourth-order valence-electron chi connectivity index (χ4n) is 3.00. The maximum atomic E-state index is 12.2. The van der Waals surface area contributed by atoms with Gasteiger partial charge in [0.15, 0.2) is 0 Å². The first-order valence-electron chi connectivity index (χ1n) is 7.88. The molecule has 0 saturated carbocycles. The van der Waals surface area contributed by atoms with Gasteiger partial charge in [-0.25, -0.2) is 0 Å². The van der Waals surface area contributed by atoms with Crippen molar-refractivity contribution in [3.05, 3.63) is 0 Å². The lowest BCUT2D eigenvalue weighted by Gasteiger charge is -2.34. The van der Waals surface area contributed by atoms with Crippen LogP contribution in [0.25, 0.3) is 0 Å². The lowest BCUT2D eigenvalue weighted by molar-refractivity contribution is -0.135. The second-order valence-electron chi connectivity index (χ2n) is 6.31. The summed E-state index contributed by atoms with van der Waals surface area (Å²) in [5.74, 6) is 0.602. The fourth-order valence-corrected chi connectivity index (χ4v) is 3.00. The number of carbonyl (C=O) groups is 2. The van der Waals surface area contributed by atoms with Gasteiger partial charge in [-0.05, 0) is 32.2 Å². The van der Waals surface area contributed by atoms with Crippen LogP contribution in [0.1, 0.15) is 39.5 Å². The molecule has 2 aliphatic rings. The Morgan fingerprint density at radius 1 is 1.20 bits per heavy atom. The molecule has 0 spiro atoms. The van der Waals surface area contributed by atoms with Crippen LogP contribution < -0.4 is 10.6 Å². The molecule has 5 nitrogen and oxygen atoms in total. The minimum Gasteiger partial charge on any atom is -0.353 e. The highest BCUT2D eigenvalue weighted by molar-refractivity contribution is 5.80. The van der Waals surface area contributed by atoms with E-state index >= 15 is 0 Å². The van der Waals surface area contributed by atoms with Gasteiger partial charge >= 0.3 is 0 Å². The maximum absolute atomic E-state index is 12.2. The molecule has 0 aromatic heterocycles. The van der Waals surface area contributed by atoms with Gasteiger partial charge in [-0.1, -0.05) is 13.8 Å². The van der Waals surface area contributed by atoms with Crippen molar-refractivity contribution < 1.29 is 9.59 Å². The van der Waals surface area contributed by atoms with Crippen LogP contribution in [0.5, 0.6) is 0 Å². The monoisotopic (exact) mass is 281 g/mol. The van der Waals surface area contributed by atoms with E-state index in [2.05, 4.69) is 10.6 Å². The van der Waals surface area contributed by atoms with E-state index in [0.717, 1.165) is 51.9 Å². The van der Waals surface area contributed by atoms with Crippen LogP contribution in [0.3, 0.4) is 0 Å². The van der Waals surface area contributed by atoms with E-state index in [1.54, 1.807) is 0 Å².